The number of hydrogen-bond donors (Lipinski definition) is 3. The molecular weight excluding hydrogens is 460 g/mol. The highest BCUT2D eigenvalue weighted by Gasteiger charge is 2.31. The lowest BCUT2D eigenvalue weighted by molar-refractivity contribution is -0.117. The van der Waals surface area contributed by atoms with Gasteiger partial charge in [0.2, 0.25) is 5.91 Å². The number of para-hydroxylation sites is 1. The van der Waals surface area contributed by atoms with Gasteiger partial charge in [0.05, 0.1) is 48.1 Å². The lowest BCUT2D eigenvalue weighted by Crippen LogP contribution is -2.26. The summed E-state index contributed by atoms with van der Waals surface area (Å²) in [7, 11) is 3.59. The molecule has 2 fully saturated rings. The summed E-state index contributed by atoms with van der Waals surface area (Å²) in [6.07, 6.45) is 4.66. The average Bonchev–Trinajstić information content (AvgIpc) is 3.43. The molecule has 0 spiro atoms. The van der Waals surface area contributed by atoms with Gasteiger partial charge in [-0.15, -0.1) is 10.2 Å². The van der Waals surface area contributed by atoms with Gasteiger partial charge in [-0.25, -0.2) is 0 Å². The molecule has 0 bridgehead atoms. The van der Waals surface area contributed by atoms with Crippen molar-refractivity contribution in [3.63, 3.8) is 0 Å². The molecule has 1 unspecified atom stereocenters. The van der Waals surface area contributed by atoms with E-state index in [1.54, 1.807) is 13.1 Å². The largest absolute Gasteiger partial charge is 0.379 e. The van der Waals surface area contributed by atoms with Gasteiger partial charge in [-0.2, -0.15) is 5.10 Å². The fourth-order valence-electron chi connectivity index (χ4n) is 4.93. The van der Waals surface area contributed by atoms with Crippen molar-refractivity contribution in [1.29, 1.82) is 0 Å². The van der Waals surface area contributed by atoms with Crippen LogP contribution in [-0.2, 0) is 16.1 Å². The van der Waals surface area contributed by atoms with Gasteiger partial charge < -0.3 is 25.6 Å². The van der Waals surface area contributed by atoms with E-state index in [9.17, 15) is 9.59 Å². The minimum Gasteiger partial charge on any atom is -0.379 e. The molecule has 0 radical (unpaired) electrons. The number of aromatic nitrogens is 4. The first-order valence-electron chi connectivity index (χ1n) is 12.2. The number of carbonyl (C=O) groups is 2. The fourth-order valence-corrected chi connectivity index (χ4v) is 4.93. The van der Waals surface area contributed by atoms with Gasteiger partial charge in [0.25, 0.3) is 5.91 Å². The van der Waals surface area contributed by atoms with E-state index >= 15 is 0 Å². The molecule has 1 saturated carbocycles. The number of benzene rings is 1. The molecule has 3 aromatic rings. The van der Waals surface area contributed by atoms with Crippen molar-refractivity contribution in [3.8, 4) is 11.1 Å². The summed E-state index contributed by atoms with van der Waals surface area (Å²) < 4.78 is 7.69. The number of amides is 2. The Balaban J connectivity index is 1.37. The van der Waals surface area contributed by atoms with E-state index in [-0.39, 0.29) is 29.5 Å². The van der Waals surface area contributed by atoms with E-state index in [0.717, 1.165) is 48.4 Å². The van der Waals surface area contributed by atoms with Crippen molar-refractivity contribution in [2.45, 2.75) is 31.8 Å². The number of fused-ring (bicyclic) bond motifs is 3. The minimum atomic E-state index is -0.370. The number of rotatable bonds is 6. The molecule has 2 aromatic heterocycles. The van der Waals surface area contributed by atoms with Crippen LogP contribution in [0.15, 0.2) is 30.5 Å². The van der Waals surface area contributed by atoms with Crippen molar-refractivity contribution < 1.29 is 14.3 Å². The second-order valence-corrected chi connectivity index (χ2v) is 9.48. The van der Waals surface area contributed by atoms with Crippen LogP contribution in [0, 0.1) is 5.92 Å². The molecule has 3 aliphatic rings. The van der Waals surface area contributed by atoms with Crippen molar-refractivity contribution in [1.82, 2.24) is 25.3 Å². The molecule has 186 valence electrons. The molecular formula is C25H28N8O3. The highest BCUT2D eigenvalue weighted by Crippen LogP contribution is 2.44. The van der Waals surface area contributed by atoms with Crippen LogP contribution in [0.3, 0.4) is 0 Å². The third-order valence-corrected chi connectivity index (χ3v) is 6.95. The average molecular weight is 489 g/mol. The number of ether oxygens (including phenoxy) is 1. The Morgan fingerprint density at radius 3 is 2.72 bits per heavy atom. The van der Waals surface area contributed by atoms with Crippen LogP contribution in [0.25, 0.3) is 11.1 Å². The molecule has 1 saturated heterocycles. The first kappa shape index (κ1) is 22.5. The Labute approximate surface area is 208 Å². The molecule has 11 heteroatoms. The van der Waals surface area contributed by atoms with Crippen molar-refractivity contribution in [3.05, 3.63) is 41.9 Å². The predicted molar refractivity (Wildman–Crippen MR) is 134 cm³/mol. The van der Waals surface area contributed by atoms with Crippen LogP contribution in [0.1, 0.15) is 41.5 Å². The standard InChI is InChI=1S/C25H28N8O3/c1-26-25(35)22-19(10-21(30-31-22)29-24(34)14-6-7-14)28-18-5-3-4-16-17-11-27-33(15-8-9-36-13-15)20(17)12-32(2)23(16)18/h3-5,10-11,14-15H,6-9,12-13H2,1-2H3,(H,26,35)(H2,28,29,30,34). The van der Waals surface area contributed by atoms with Gasteiger partial charge in [0.1, 0.15) is 0 Å². The smallest absolute Gasteiger partial charge is 0.273 e. The highest BCUT2D eigenvalue weighted by atomic mass is 16.5. The molecule has 1 atom stereocenters. The van der Waals surface area contributed by atoms with E-state index in [2.05, 4.69) is 41.8 Å². The maximum Gasteiger partial charge on any atom is 0.273 e. The molecule has 11 nitrogen and oxygen atoms in total. The van der Waals surface area contributed by atoms with Crippen LogP contribution in [0.4, 0.5) is 22.9 Å². The van der Waals surface area contributed by atoms with E-state index in [0.29, 0.717) is 24.7 Å². The number of carbonyl (C=O) groups excluding carboxylic acids is 2. The summed E-state index contributed by atoms with van der Waals surface area (Å²) in [4.78, 5) is 27.0. The van der Waals surface area contributed by atoms with Crippen molar-refractivity contribution >= 4 is 34.7 Å². The number of nitrogens with zero attached hydrogens (tertiary/aromatic N) is 5. The van der Waals surface area contributed by atoms with Gasteiger partial charge in [-0.05, 0) is 25.3 Å². The van der Waals surface area contributed by atoms with Crippen LogP contribution in [0.5, 0.6) is 0 Å². The first-order valence-corrected chi connectivity index (χ1v) is 12.2. The monoisotopic (exact) mass is 488 g/mol. The third kappa shape index (κ3) is 3.95. The summed E-state index contributed by atoms with van der Waals surface area (Å²) in [5.41, 5.74) is 5.73. The maximum atomic E-state index is 12.5. The Bertz CT molecular complexity index is 1340. The van der Waals surface area contributed by atoms with Gasteiger partial charge in [0, 0.05) is 43.8 Å². The zero-order valence-corrected chi connectivity index (χ0v) is 20.2. The molecule has 2 aliphatic heterocycles. The van der Waals surface area contributed by atoms with Gasteiger partial charge >= 0.3 is 0 Å². The molecule has 6 rings (SSSR count). The molecule has 2 amide bonds. The second-order valence-electron chi connectivity index (χ2n) is 9.48. The molecule has 36 heavy (non-hydrogen) atoms. The normalized spacial score (nSPS) is 18.4. The van der Waals surface area contributed by atoms with Crippen LogP contribution >= 0.6 is 0 Å². The molecule has 1 aliphatic carbocycles. The van der Waals surface area contributed by atoms with E-state index < -0.39 is 0 Å². The fraction of sp³-hybridized carbons (Fsp3) is 0.400. The van der Waals surface area contributed by atoms with Gasteiger partial charge in [0.15, 0.2) is 11.5 Å². The highest BCUT2D eigenvalue weighted by molar-refractivity contribution is 6.01. The lowest BCUT2D eigenvalue weighted by atomic mass is 9.97. The Morgan fingerprint density at radius 2 is 1.97 bits per heavy atom. The minimum absolute atomic E-state index is 0.0301. The first-order chi connectivity index (χ1) is 17.5. The lowest BCUT2D eigenvalue weighted by Gasteiger charge is -2.31. The van der Waals surface area contributed by atoms with Crippen LogP contribution in [0.2, 0.25) is 0 Å². The summed E-state index contributed by atoms with van der Waals surface area (Å²) in [6.45, 7) is 2.14. The topological polar surface area (TPSA) is 126 Å². The van der Waals surface area contributed by atoms with Crippen molar-refractivity contribution in [2.24, 2.45) is 5.92 Å². The summed E-state index contributed by atoms with van der Waals surface area (Å²) in [5.74, 6) is -0.104. The van der Waals surface area contributed by atoms with E-state index in [1.165, 1.54) is 5.69 Å². The van der Waals surface area contributed by atoms with E-state index in [1.807, 2.05) is 25.4 Å². The predicted octanol–water partition coefficient (Wildman–Crippen LogP) is 2.70. The quantitative estimate of drug-likeness (QED) is 0.484. The van der Waals surface area contributed by atoms with Gasteiger partial charge in [-0.3, -0.25) is 14.3 Å². The Morgan fingerprint density at radius 1 is 1.11 bits per heavy atom. The molecule has 4 heterocycles. The number of nitrogens with one attached hydrogen (secondary N) is 3. The van der Waals surface area contributed by atoms with E-state index in [4.69, 9.17) is 9.84 Å². The second kappa shape index (κ2) is 8.90. The molecule has 3 N–H and O–H groups in total. The van der Waals surface area contributed by atoms with Crippen molar-refractivity contribution in [2.75, 3.05) is 42.8 Å². The summed E-state index contributed by atoms with van der Waals surface area (Å²) in [6, 6.07) is 7.94. The maximum absolute atomic E-state index is 12.5. The van der Waals surface area contributed by atoms with Crippen LogP contribution < -0.4 is 20.9 Å². The Hall–Kier alpha value is -3.99. The molecule has 1 aromatic carbocycles. The zero-order valence-electron chi connectivity index (χ0n) is 20.2. The number of hydrogen-bond acceptors (Lipinski definition) is 8. The van der Waals surface area contributed by atoms with Crippen LogP contribution in [-0.4, -0.2) is 59.1 Å². The third-order valence-electron chi connectivity index (χ3n) is 6.95. The number of anilines is 4. The summed E-state index contributed by atoms with van der Waals surface area (Å²) >= 11 is 0. The summed E-state index contributed by atoms with van der Waals surface area (Å²) in [5, 5.41) is 21.7. The zero-order chi connectivity index (χ0) is 24.8. The SMILES string of the molecule is CNC(=O)c1nnc(NC(=O)C2CC2)cc1Nc1cccc2c1N(C)Cc1c-2cnn1C1CCOC1. The van der Waals surface area contributed by atoms with Gasteiger partial charge in [-0.1, -0.05) is 12.1 Å². The Kier molecular flexibility index (Phi) is 5.56.